The van der Waals surface area contributed by atoms with Crippen molar-refractivity contribution in [3.05, 3.63) is 75.1 Å². The number of hydrogen-bond acceptors (Lipinski definition) is 5. The number of nitrogens with zero attached hydrogens (tertiary/aromatic N) is 2. The molecule has 7 nitrogen and oxygen atoms in total. The van der Waals surface area contributed by atoms with Crippen LogP contribution < -0.4 is 5.32 Å². The van der Waals surface area contributed by atoms with Crippen LogP contribution >= 0.6 is 11.6 Å². The fourth-order valence-electron chi connectivity index (χ4n) is 4.36. The van der Waals surface area contributed by atoms with Crippen molar-refractivity contribution in [3.8, 4) is 0 Å². The van der Waals surface area contributed by atoms with E-state index in [1.807, 2.05) is 51.1 Å². The first kappa shape index (κ1) is 26.1. The topological polar surface area (TPSA) is 92.5 Å². The first-order chi connectivity index (χ1) is 17.1. The Bertz CT molecular complexity index is 1430. The van der Waals surface area contributed by atoms with E-state index in [1.54, 1.807) is 25.1 Å². The minimum absolute atomic E-state index is 0.0340. The van der Waals surface area contributed by atoms with Gasteiger partial charge in [0.1, 0.15) is 5.69 Å². The van der Waals surface area contributed by atoms with Crippen molar-refractivity contribution in [3.63, 3.8) is 0 Å². The minimum atomic E-state index is -3.94. The van der Waals surface area contributed by atoms with E-state index < -0.39 is 15.9 Å². The summed E-state index contributed by atoms with van der Waals surface area (Å²) in [6.07, 6.45) is 4.63. The van der Waals surface area contributed by atoms with Gasteiger partial charge in [0.2, 0.25) is 15.9 Å². The van der Waals surface area contributed by atoms with Crippen LogP contribution in [0.25, 0.3) is 12.2 Å². The molecule has 1 aliphatic heterocycles. The molecule has 1 atom stereocenters. The van der Waals surface area contributed by atoms with E-state index >= 15 is 0 Å². The molecule has 1 saturated heterocycles. The lowest BCUT2D eigenvalue weighted by molar-refractivity contribution is -0.120. The summed E-state index contributed by atoms with van der Waals surface area (Å²) in [5.41, 5.74) is 4.92. The van der Waals surface area contributed by atoms with E-state index in [2.05, 4.69) is 10.5 Å². The highest BCUT2D eigenvalue weighted by molar-refractivity contribution is 7.89. The Morgan fingerprint density at radius 3 is 2.58 bits per heavy atom. The summed E-state index contributed by atoms with van der Waals surface area (Å²) in [5.74, 6) is -0.579. The van der Waals surface area contributed by atoms with Crippen molar-refractivity contribution in [2.24, 2.45) is 5.92 Å². The van der Waals surface area contributed by atoms with Gasteiger partial charge in [-0.15, -0.1) is 0 Å². The van der Waals surface area contributed by atoms with E-state index in [-0.39, 0.29) is 28.8 Å². The molecule has 1 N–H and O–H groups in total. The molecule has 0 spiro atoms. The summed E-state index contributed by atoms with van der Waals surface area (Å²) in [5, 5.41) is 7.23. The largest absolute Gasteiger partial charge is 0.355 e. The van der Waals surface area contributed by atoms with Crippen LogP contribution in [0.1, 0.15) is 46.5 Å². The van der Waals surface area contributed by atoms with E-state index in [9.17, 15) is 13.2 Å². The lowest BCUT2D eigenvalue weighted by atomic mass is 9.98. The summed E-state index contributed by atoms with van der Waals surface area (Å²) in [6.45, 7) is 7.91. The molecule has 1 amide bonds. The number of rotatable bonds is 6. The number of hydrogen-bond donors (Lipinski definition) is 1. The van der Waals surface area contributed by atoms with Gasteiger partial charge in [-0.1, -0.05) is 52.7 Å². The molecule has 1 aliphatic rings. The quantitative estimate of drug-likeness (QED) is 0.439. The van der Waals surface area contributed by atoms with E-state index in [0.29, 0.717) is 30.1 Å². The van der Waals surface area contributed by atoms with Crippen molar-refractivity contribution in [1.82, 2.24) is 9.46 Å². The summed E-state index contributed by atoms with van der Waals surface area (Å²) in [7, 11) is -3.94. The Kier molecular flexibility index (Phi) is 7.68. The van der Waals surface area contributed by atoms with Crippen LogP contribution in [-0.4, -0.2) is 36.9 Å². The summed E-state index contributed by atoms with van der Waals surface area (Å²) >= 11 is 6.26. The molecule has 1 aromatic heterocycles. The molecule has 9 heteroatoms. The van der Waals surface area contributed by atoms with Crippen LogP contribution in [0.3, 0.4) is 0 Å². The first-order valence-electron chi connectivity index (χ1n) is 11.8. The highest BCUT2D eigenvalue weighted by Gasteiger charge is 2.37. The minimum Gasteiger partial charge on any atom is -0.355 e. The van der Waals surface area contributed by atoms with Crippen molar-refractivity contribution >= 4 is 45.4 Å². The third-order valence-electron chi connectivity index (χ3n) is 6.42. The van der Waals surface area contributed by atoms with Crippen molar-refractivity contribution < 1.29 is 17.7 Å². The number of aromatic nitrogens is 1. The van der Waals surface area contributed by atoms with E-state index in [4.69, 9.17) is 16.1 Å². The molecule has 1 fully saturated rings. The fourth-order valence-corrected chi connectivity index (χ4v) is 6.42. The number of nitrogens with one attached hydrogen (secondary N) is 1. The Morgan fingerprint density at radius 1 is 1.11 bits per heavy atom. The third-order valence-corrected chi connectivity index (χ3v) is 8.75. The summed E-state index contributed by atoms with van der Waals surface area (Å²) < 4.78 is 34.1. The van der Waals surface area contributed by atoms with E-state index in [0.717, 1.165) is 22.3 Å². The molecule has 2 aromatic carbocycles. The molecule has 2 heterocycles. The van der Waals surface area contributed by atoms with Gasteiger partial charge in [-0.3, -0.25) is 4.79 Å². The standard InChI is InChI=1S/C27H30ClN3O4S/c1-17-7-9-19(3)21(14-17)10-12-25-26(20(4)30-35-25)36(33,34)31-13-5-6-22(16-31)27(32)29-24-11-8-18(2)15-23(24)28/h7-12,14-15,22H,5-6,13,16H2,1-4H3,(H,29,32). The van der Waals surface area contributed by atoms with Crippen molar-refractivity contribution in [2.75, 3.05) is 18.4 Å². The van der Waals surface area contributed by atoms with Gasteiger partial charge in [0, 0.05) is 13.1 Å². The average molecular weight is 528 g/mol. The fraction of sp³-hybridized carbons (Fsp3) is 0.333. The predicted octanol–water partition coefficient (Wildman–Crippen LogP) is 5.77. The highest BCUT2D eigenvalue weighted by Crippen LogP contribution is 2.31. The number of anilines is 1. The lowest BCUT2D eigenvalue weighted by Gasteiger charge is -2.31. The number of amides is 1. The number of piperidine rings is 1. The maximum Gasteiger partial charge on any atom is 0.248 e. The number of aryl methyl sites for hydroxylation is 4. The second-order valence-corrected chi connectivity index (χ2v) is 11.6. The average Bonchev–Trinajstić information content (AvgIpc) is 3.22. The number of halogens is 1. The van der Waals surface area contributed by atoms with Crippen LogP contribution in [0.15, 0.2) is 45.8 Å². The molecular weight excluding hydrogens is 498 g/mol. The molecule has 1 unspecified atom stereocenters. The Labute approximate surface area is 217 Å². The van der Waals surface area contributed by atoms with E-state index in [1.165, 1.54) is 4.31 Å². The van der Waals surface area contributed by atoms with Crippen LogP contribution in [0.4, 0.5) is 5.69 Å². The van der Waals surface area contributed by atoms with Gasteiger partial charge in [0.15, 0.2) is 10.7 Å². The molecule has 0 saturated carbocycles. The monoisotopic (exact) mass is 527 g/mol. The number of benzene rings is 2. The van der Waals surface area contributed by atoms with Crippen LogP contribution in [0, 0.1) is 33.6 Å². The molecule has 0 radical (unpaired) electrons. The maximum absolute atomic E-state index is 13.7. The molecule has 3 aromatic rings. The zero-order valence-electron chi connectivity index (χ0n) is 20.8. The second kappa shape index (κ2) is 10.6. The highest BCUT2D eigenvalue weighted by atomic mass is 35.5. The molecular formula is C27H30ClN3O4S. The van der Waals surface area contributed by atoms with Crippen LogP contribution in [0.2, 0.25) is 5.02 Å². The zero-order chi connectivity index (χ0) is 26.0. The second-order valence-electron chi connectivity index (χ2n) is 9.33. The van der Waals surface area contributed by atoms with Gasteiger partial charge in [-0.05, 0) is 75.4 Å². The lowest BCUT2D eigenvalue weighted by Crippen LogP contribution is -2.43. The SMILES string of the molecule is Cc1ccc(NC(=O)C2CCCN(S(=O)(=O)c3c(C)noc3C=Cc3cc(C)ccc3C)C2)c(Cl)c1. The Hall–Kier alpha value is -2.94. The summed E-state index contributed by atoms with van der Waals surface area (Å²) in [4.78, 5) is 13.0. The smallest absolute Gasteiger partial charge is 0.248 e. The zero-order valence-corrected chi connectivity index (χ0v) is 22.4. The molecule has 0 bridgehead atoms. The third kappa shape index (κ3) is 5.56. The summed E-state index contributed by atoms with van der Waals surface area (Å²) in [6, 6.07) is 11.5. The number of sulfonamides is 1. The van der Waals surface area contributed by atoms with Crippen LogP contribution in [0.5, 0.6) is 0 Å². The molecule has 36 heavy (non-hydrogen) atoms. The Morgan fingerprint density at radius 2 is 1.83 bits per heavy atom. The van der Waals surface area contributed by atoms with Crippen LogP contribution in [-0.2, 0) is 14.8 Å². The predicted molar refractivity (Wildman–Crippen MR) is 142 cm³/mol. The molecule has 4 rings (SSSR count). The Balaban J connectivity index is 1.55. The molecule has 190 valence electrons. The van der Waals surface area contributed by atoms with Gasteiger partial charge in [0.05, 0.1) is 16.6 Å². The van der Waals surface area contributed by atoms with Crippen molar-refractivity contribution in [2.45, 2.75) is 45.4 Å². The van der Waals surface area contributed by atoms with Crippen molar-refractivity contribution in [1.29, 1.82) is 0 Å². The van der Waals surface area contributed by atoms with Gasteiger partial charge in [-0.25, -0.2) is 8.42 Å². The first-order valence-corrected chi connectivity index (χ1v) is 13.7. The van der Waals surface area contributed by atoms with Gasteiger partial charge in [0.25, 0.3) is 0 Å². The van der Waals surface area contributed by atoms with Gasteiger partial charge in [-0.2, -0.15) is 4.31 Å². The maximum atomic E-state index is 13.7. The molecule has 0 aliphatic carbocycles. The normalized spacial score (nSPS) is 17.0. The van der Waals surface area contributed by atoms with Gasteiger partial charge >= 0.3 is 0 Å². The number of carbonyl (C=O) groups excluding carboxylic acids is 1. The number of carbonyl (C=O) groups is 1. The van der Waals surface area contributed by atoms with Gasteiger partial charge < -0.3 is 9.84 Å².